The molecule has 43 heavy (non-hydrogen) atoms. The van der Waals surface area contributed by atoms with Crippen molar-refractivity contribution >= 4 is 11.0 Å². The summed E-state index contributed by atoms with van der Waals surface area (Å²) >= 11 is 0. The minimum atomic E-state index is -1.97. The molecule has 0 radical (unpaired) electrons. The van der Waals surface area contributed by atoms with Crippen molar-refractivity contribution in [3.05, 3.63) is 40.6 Å². The standard InChI is InChI=1S/C27H30O16/c1-8-17(32)20(35)22(37)26(40-8)39-7-15-18(33)21(36)23(38)27(42-15)43-25-19(34)16-13(31)5-10(28)6-14(16)41-24(25)9-2-3-11(29)12(30)4-9/h2-6,8,15,17-18,20-23,26-33,35-38H,7H2,1H3/t8-,15+,17-,18+,20-,21+,22-,23-,26+,27-/m0/s1. The summed E-state index contributed by atoms with van der Waals surface area (Å²) in [6.07, 6.45) is -16.2. The van der Waals surface area contributed by atoms with Crippen LogP contribution in [0.1, 0.15) is 6.92 Å². The molecule has 1 aromatic heterocycles. The normalized spacial score (nSPS) is 33.0. The first-order valence-electron chi connectivity index (χ1n) is 13.0. The number of phenolic OH excluding ortho intramolecular Hbond substituents is 4. The van der Waals surface area contributed by atoms with Crippen molar-refractivity contribution < 1.29 is 74.4 Å². The Kier molecular flexibility index (Phi) is 8.41. The molecule has 0 unspecified atom stereocenters. The molecule has 2 saturated heterocycles. The van der Waals surface area contributed by atoms with Gasteiger partial charge in [-0.1, -0.05) is 0 Å². The predicted octanol–water partition coefficient (Wildman–Crippen LogP) is -1.69. The fraction of sp³-hybridized carbons (Fsp3) is 0.444. The van der Waals surface area contributed by atoms with Crippen molar-refractivity contribution in [3.8, 4) is 40.1 Å². The lowest BCUT2D eigenvalue weighted by molar-refractivity contribution is -0.318. The number of hydrogen-bond acceptors (Lipinski definition) is 16. The quantitative estimate of drug-likeness (QED) is 0.140. The van der Waals surface area contributed by atoms with Gasteiger partial charge in [0, 0.05) is 17.7 Å². The molecule has 16 heteroatoms. The maximum absolute atomic E-state index is 13.6. The Morgan fingerprint density at radius 1 is 0.744 bits per heavy atom. The van der Waals surface area contributed by atoms with Crippen LogP contribution < -0.4 is 10.2 Å². The highest BCUT2D eigenvalue weighted by Crippen LogP contribution is 2.39. The molecular weight excluding hydrogens is 580 g/mol. The molecule has 3 heterocycles. The smallest absolute Gasteiger partial charge is 0.239 e. The molecule has 16 nitrogen and oxygen atoms in total. The van der Waals surface area contributed by atoms with E-state index in [1.807, 2.05) is 0 Å². The Morgan fingerprint density at radius 2 is 1.42 bits per heavy atom. The van der Waals surface area contributed by atoms with Crippen LogP contribution in [0, 0.1) is 0 Å². The summed E-state index contributed by atoms with van der Waals surface area (Å²) in [5, 5.41) is 101. The summed E-state index contributed by atoms with van der Waals surface area (Å²) in [7, 11) is 0. The number of benzene rings is 2. The first-order valence-corrected chi connectivity index (χ1v) is 13.0. The Bertz CT molecular complexity index is 1540. The van der Waals surface area contributed by atoms with Gasteiger partial charge in [0.15, 0.2) is 23.5 Å². The summed E-state index contributed by atoms with van der Waals surface area (Å²) in [5.74, 6) is -3.33. The van der Waals surface area contributed by atoms with E-state index in [4.69, 9.17) is 23.4 Å². The van der Waals surface area contributed by atoms with Crippen LogP contribution in [0.4, 0.5) is 0 Å². The van der Waals surface area contributed by atoms with E-state index in [1.54, 1.807) is 0 Å². The number of aliphatic hydroxyl groups excluding tert-OH is 6. The van der Waals surface area contributed by atoms with Crippen molar-refractivity contribution in [1.82, 2.24) is 0 Å². The predicted molar refractivity (Wildman–Crippen MR) is 140 cm³/mol. The van der Waals surface area contributed by atoms with Crippen LogP contribution >= 0.6 is 0 Å². The van der Waals surface area contributed by atoms with Gasteiger partial charge in [0.2, 0.25) is 17.5 Å². The zero-order valence-corrected chi connectivity index (χ0v) is 22.3. The average Bonchev–Trinajstić information content (AvgIpc) is 2.96. The highest BCUT2D eigenvalue weighted by Gasteiger charge is 2.47. The zero-order chi connectivity index (χ0) is 31.3. The van der Waals surface area contributed by atoms with Crippen molar-refractivity contribution in [3.63, 3.8) is 0 Å². The maximum Gasteiger partial charge on any atom is 0.239 e. The summed E-state index contributed by atoms with van der Waals surface area (Å²) in [5.41, 5.74) is -1.35. The van der Waals surface area contributed by atoms with Crippen molar-refractivity contribution in [2.45, 2.75) is 68.3 Å². The van der Waals surface area contributed by atoms with Crippen molar-refractivity contribution in [2.75, 3.05) is 6.61 Å². The molecule has 3 aromatic rings. The minimum absolute atomic E-state index is 0.0313. The number of aromatic hydroxyl groups is 4. The average molecular weight is 611 g/mol. The van der Waals surface area contributed by atoms with E-state index in [9.17, 15) is 55.9 Å². The second-order valence-electron chi connectivity index (χ2n) is 10.3. The lowest BCUT2D eigenvalue weighted by atomic mass is 9.98. The lowest BCUT2D eigenvalue weighted by Gasteiger charge is -2.42. The van der Waals surface area contributed by atoms with E-state index >= 15 is 0 Å². The molecule has 5 rings (SSSR count). The van der Waals surface area contributed by atoms with Crippen LogP contribution in [0.25, 0.3) is 22.3 Å². The molecule has 10 N–H and O–H groups in total. The zero-order valence-electron chi connectivity index (χ0n) is 22.3. The number of fused-ring (bicyclic) bond motifs is 1. The first kappa shape index (κ1) is 30.7. The van der Waals surface area contributed by atoms with Crippen LogP contribution in [-0.4, -0.2) is 119 Å². The van der Waals surface area contributed by atoms with Crippen LogP contribution in [0.2, 0.25) is 0 Å². The molecule has 0 amide bonds. The number of phenols is 4. The molecule has 2 aliphatic heterocycles. The highest BCUT2D eigenvalue weighted by atomic mass is 16.7. The van der Waals surface area contributed by atoms with Gasteiger partial charge in [-0.05, 0) is 25.1 Å². The van der Waals surface area contributed by atoms with Gasteiger partial charge in [0.1, 0.15) is 65.2 Å². The van der Waals surface area contributed by atoms with E-state index < -0.39 is 113 Å². The molecule has 0 aliphatic carbocycles. The molecule has 0 saturated carbocycles. The van der Waals surface area contributed by atoms with Gasteiger partial charge in [0.05, 0.1) is 12.7 Å². The third kappa shape index (κ3) is 5.67. The monoisotopic (exact) mass is 610 g/mol. The summed E-state index contributed by atoms with van der Waals surface area (Å²) in [6.45, 7) is 0.818. The maximum atomic E-state index is 13.6. The molecule has 234 valence electrons. The van der Waals surface area contributed by atoms with Gasteiger partial charge in [-0.25, -0.2) is 0 Å². The van der Waals surface area contributed by atoms with Gasteiger partial charge < -0.3 is 74.4 Å². The Morgan fingerprint density at radius 3 is 2.12 bits per heavy atom. The second-order valence-corrected chi connectivity index (χ2v) is 10.3. The van der Waals surface area contributed by atoms with Gasteiger partial charge in [0.25, 0.3) is 0 Å². The fourth-order valence-corrected chi connectivity index (χ4v) is 4.84. The number of rotatable bonds is 6. The van der Waals surface area contributed by atoms with Crippen molar-refractivity contribution in [2.24, 2.45) is 0 Å². The molecule has 0 bridgehead atoms. The largest absolute Gasteiger partial charge is 0.508 e. The fourth-order valence-electron chi connectivity index (χ4n) is 4.84. The first-order chi connectivity index (χ1) is 20.3. The minimum Gasteiger partial charge on any atom is -0.508 e. The van der Waals surface area contributed by atoms with E-state index in [1.165, 1.54) is 13.0 Å². The van der Waals surface area contributed by atoms with Gasteiger partial charge in [-0.2, -0.15) is 0 Å². The SMILES string of the molecule is C[C@@H]1O[C@@H](OC[C@H]2O[C@@H](Oc3c(-c4ccc(O)c(O)c4)oc4cc(O)cc(O)c4c3=O)[C@@H](O)[C@H](O)[C@@H]2O)[C@@H](O)[C@@H](O)[C@H]1O. The number of ether oxygens (including phenoxy) is 4. The Balaban J connectivity index is 1.48. The third-order valence-corrected chi connectivity index (χ3v) is 7.29. The Labute approximate surface area is 241 Å². The van der Waals surface area contributed by atoms with Crippen LogP contribution in [0.3, 0.4) is 0 Å². The van der Waals surface area contributed by atoms with E-state index in [-0.39, 0.29) is 11.1 Å². The number of aliphatic hydroxyl groups is 6. The molecule has 0 spiro atoms. The van der Waals surface area contributed by atoms with Gasteiger partial charge >= 0.3 is 0 Å². The van der Waals surface area contributed by atoms with E-state index in [2.05, 4.69) is 0 Å². The lowest BCUT2D eigenvalue weighted by Crippen LogP contribution is -2.61. The third-order valence-electron chi connectivity index (χ3n) is 7.29. The number of hydrogen-bond donors (Lipinski definition) is 10. The van der Waals surface area contributed by atoms with E-state index in [0.717, 1.165) is 24.3 Å². The van der Waals surface area contributed by atoms with Gasteiger partial charge in [-0.3, -0.25) is 4.79 Å². The second kappa shape index (κ2) is 11.8. The summed E-state index contributed by atoms with van der Waals surface area (Å²) < 4.78 is 27.8. The van der Waals surface area contributed by atoms with Crippen LogP contribution in [0.15, 0.2) is 39.5 Å². The summed E-state index contributed by atoms with van der Waals surface area (Å²) in [6, 6.07) is 5.24. The molecular formula is C27H30O16. The highest BCUT2D eigenvalue weighted by molar-refractivity contribution is 5.88. The summed E-state index contributed by atoms with van der Waals surface area (Å²) in [4.78, 5) is 13.6. The Hall–Kier alpha value is -3.71. The van der Waals surface area contributed by atoms with E-state index in [0.29, 0.717) is 0 Å². The molecule has 2 aliphatic rings. The molecule has 2 aromatic carbocycles. The van der Waals surface area contributed by atoms with Gasteiger partial charge in [-0.15, -0.1) is 0 Å². The van der Waals surface area contributed by atoms with Crippen LogP contribution in [0.5, 0.6) is 28.7 Å². The topological polar surface area (TPSA) is 269 Å². The molecule has 10 atom stereocenters. The van der Waals surface area contributed by atoms with Crippen LogP contribution in [-0.2, 0) is 14.2 Å². The molecule has 2 fully saturated rings. The van der Waals surface area contributed by atoms with Crippen molar-refractivity contribution in [1.29, 1.82) is 0 Å².